The van der Waals surface area contributed by atoms with Crippen LogP contribution < -0.4 is 0 Å². The molecule has 190 valence electrons. The van der Waals surface area contributed by atoms with E-state index in [2.05, 4.69) is 4.90 Å². The van der Waals surface area contributed by atoms with Crippen molar-refractivity contribution in [3.05, 3.63) is 106 Å². The maximum Gasteiger partial charge on any atom is 0.253 e. The second-order valence-corrected chi connectivity index (χ2v) is 10.4. The Kier molecular flexibility index (Phi) is 8.70. The van der Waals surface area contributed by atoms with Crippen molar-refractivity contribution in [1.82, 2.24) is 9.80 Å². The fourth-order valence-electron chi connectivity index (χ4n) is 4.91. The molecule has 2 N–H and O–H groups in total. The summed E-state index contributed by atoms with van der Waals surface area (Å²) in [6.07, 6.45) is 0.428. The Morgan fingerprint density at radius 3 is 2.19 bits per heavy atom. The number of benzene rings is 3. The SMILES string of the molecule is CN(CC(c1ccc(Cl)c(Cl)c1)C(O)CN1CCC(O)(c2ccccc2)CC1)C(=O)c1ccccc1. The molecular weight excluding hydrogens is 495 g/mol. The first kappa shape index (κ1) is 26.6. The van der Waals surface area contributed by atoms with Crippen LogP contribution in [0.4, 0.5) is 0 Å². The molecule has 0 aromatic heterocycles. The predicted molar refractivity (Wildman–Crippen MR) is 145 cm³/mol. The van der Waals surface area contributed by atoms with Crippen LogP contribution in [-0.2, 0) is 5.60 Å². The van der Waals surface area contributed by atoms with Gasteiger partial charge < -0.3 is 20.0 Å². The molecule has 0 saturated carbocycles. The average Bonchev–Trinajstić information content (AvgIpc) is 2.90. The lowest BCUT2D eigenvalue weighted by Gasteiger charge is -2.40. The Balaban J connectivity index is 1.47. The minimum Gasteiger partial charge on any atom is -0.391 e. The first-order valence-electron chi connectivity index (χ1n) is 12.2. The third-order valence-corrected chi connectivity index (χ3v) is 7.85. The largest absolute Gasteiger partial charge is 0.391 e. The molecular formula is C29H32Cl2N2O3. The van der Waals surface area contributed by atoms with Gasteiger partial charge >= 0.3 is 0 Å². The van der Waals surface area contributed by atoms with E-state index in [4.69, 9.17) is 23.2 Å². The van der Waals surface area contributed by atoms with Gasteiger partial charge in [-0.3, -0.25) is 4.79 Å². The van der Waals surface area contributed by atoms with Crippen LogP contribution in [-0.4, -0.2) is 65.3 Å². The van der Waals surface area contributed by atoms with E-state index in [1.54, 1.807) is 36.2 Å². The second kappa shape index (κ2) is 11.8. The number of likely N-dealkylation sites (tertiary alicyclic amines) is 1. The Morgan fingerprint density at radius 1 is 0.972 bits per heavy atom. The normalized spacial score (nSPS) is 17.4. The first-order valence-corrected chi connectivity index (χ1v) is 13.0. The molecule has 0 radical (unpaired) electrons. The van der Waals surface area contributed by atoms with Crippen LogP contribution in [0.5, 0.6) is 0 Å². The van der Waals surface area contributed by atoms with E-state index in [1.807, 2.05) is 54.6 Å². The first-order chi connectivity index (χ1) is 17.3. The van der Waals surface area contributed by atoms with Crippen molar-refractivity contribution < 1.29 is 15.0 Å². The van der Waals surface area contributed by atoms with Gasteiger partial charge in [0, 0.05) is 44.7 Å². The summed E-state index contributed by atoms with van der Waals surface area (Å²) in [5.41, 5.74) is 1.50. The second-order valence-electron chi connectivity index (χ2n) is 9.60. The number of likely N-dealkylation sites (N-methyl/N-ethyl adjacent to an activating group) is 1. The number of rotatable bonds is 8. The van der Waals surface area contributed by atoms with Gasteiger partial charge in [0.05, 0.1) is 21.8 Å². The number of carbonyl (C=O) groups excluding carboxylic acids is 1. The molecule has 0 aliphatic carbocycles. The predicted octanol–water partition coefficient (Wildman–Crippen LogP) is 5.19. The summed E-state index contributed by atoms with van der Waals surface area (Å²) in [5.74, 6) is -0.480. The molecule has 1 amide bonds. The van der Waals surface area contributed by atoms with Gasteiger partial charge in [-0.15, -0.1) is 0 Å². The van der Waals surface area contributed by atoms with Gasteiger partial charge in [-0.1, -0.05) is 77.8 Å². The minimum atomic E-state index is -0.853. The van der Waals surface area contributed by atoms with E-state index >= 15 is 0 Å². The van der Waals surface area contributed by atoms with Crippen molar-refractivity contribution in [2.45, 2.75) is 30.5 Å². The molecule has 7 heteroatoms. The molecule has 1 saturated heterocycles. The molecule has 1 fully saturated rings. The highest BCUT2D eigenvalue weighted by atomic mass is 35.5. The monoisotopic (exact) mass is 526 g/mol. The lowest BCUT2D eigenvalue weighted by molar-refractivity contribution is -0.0367. The van der Waals surface area contributed by atoms with Crippen LogP contribution >= 0.6 is 23.2 Å². The summed E-state index contributed by atoms with van der Waals surface area (Å²) in [5, 5.41) is 23.4. The lowest BCUT2D eigenvalue weighted by Crippen LogP contribution is -2.47. The zero-order valence-corrected chi connectivity index (χ0v) is 21.9. The van der Waals surface area contributed by atoms with Gasteiger partial charge in [-0.2, -0.15) is 0 Å². The molecule has 3 aromatic carbocycles. The van der Waals surface area contributed by atoms with Gasteiger partial charge in [0.15, 0.2) is 0 Å². The van der Waals surface area contributed by atoms with E-state index in [0.717, 1.165) is 11.1 Å². The van der Waals surface area contributed by atoms with E-state index < -0.39 is 11.7 Å². The van der Waals surface area contributed by atoms with Crippen molar-refractivity contribution in [2.75, 3.05) is 33.2 Å². The van der Waals surface area contributed by atoms with Crippen LogP contribution in [0.3, 0.4) is 0 Å². The standard InChI is InChI=1S/C29H32Cl2N2O3/c1-32(28(35)21-8-4-2-5-9-21)19-24(22-12-13-25(30)26(31)18-22)27(34)20-33-16-14-29(36,15-17-33)23-10-6-3-7-11-23/h2-13,18,24,27,34,36H,14-17,19-20H2,1H3. The van der Waals surface area contributed by atoms with Gasteiger partial charge in [-0.05, 0) is 48.2 Å². The number of β-amino-alcohol motifs (C(OH)–C–C–N with tert-alkyl or cyclic N) is 1. The fourth-order valence-corrected chi connectivity index (χ4v) is 5.21. The van der Waals surface area contributed by atoms with E-state index in [0.29, 0.717) is 54.6 Å². The van der Waals surface area contributed by atoms with Crippen LogP contribution in [0.15, 0.2) is 78.9 Å². The van der Waals surface area contributed by atoms with Crippen molar-refractivity contribution in [3.63, 3.8) is 0 Å². The van der Waals surface area contributed by atoms with Crippen LogP contribution in [0.25, 0.3) is 0 Å². The smallest absolute Gasteiger partial charge is 0.253 e. The van der Waals surface area contributed by atoms with Crippen LogP contribution in [0, 0.1) is 0 Å². The van der Waals surface area contributed by atoms with E-state index in [1.165, 1.54) is 0 Å². The molecule has 3 aromatic rings. The maximum absolute atomic E-state index is 13.0. The quantitative estimate of drug-likeness (QED) is 0.423. The van der Waals surface area contributed by atoms with Crippen molar-refractivity contribution in [3.8, 4) is 0 Å². The number of aliphatic hydroxyl groups excluding tert-OH is 1. The van der Waals surface area contributed by atoms with Gasteiger partial charge in [0.1, 0.15) is 0 Å². The number of amides is 1. The zero-order valence-electron chi connectivity index (χ0n) is 20.4. The molecule has 1 aliphatic heterocycles. The Bertz CT molecular complexity index is 1150. The van der Waals surface area contributed by atoms with E-state index in [-0.39, 0.29) is 11.8 Å². The number of hydrogen-bond acceptors (Lipinski definition) is 4. The summed E-state index contributed by atoms with van der Waals surface area (Å²) in [4.78, 5) is 16.8. The number of hydrogen-bond donors (Lipinski definition) is 2. The minimum absolute atomic E-state index is 0.112. The summed E-state index contributed by atoms with van der Waals surface area (Å²) >= 11 is 12.4. The highest BCUT2D eigenvalue weighted by Crippen LogP contribution is 2.34. The number of aliphatic hydroxyl groups is 2. The molecule has 5 nitrogen and oxygen atoms in total. The van der Waals surface area contributed by atoms with Crippen molar-refractivity contribution in [1.29, 1.82) is 0 Å². The molecule has 2 unspecified atom stereocenters. The molecule has 1 aliphatic rings. The summed E-state index contributed by atoms with van der Waals surface area (Å²) in [7, 11) is 1.74. The van der Waals surface area contributed by atoms with Crippen molar-refractivity contribution >= 4 is 29.1 Å². The third-order valence-electron chi connectivity index (χ3n) is 7.11. The summed E-state index contributed by atoms with van der Waals surface area (Å²) < 4.78 is 0. The van der Waals surface area contributed by atoms with E-state index in [9.17, 15) is 15.0 Å². The number of halogens is 2. The van der Waals surface area contributed by atoms with Crippen molar-refractivity contribution in [2.24, 2.45) is 0 Å². The van der Waals surface area contributed by atoms with Crippen LogP contribution in [0.2, 0.25) is 10.0 Å². The number of carbonyl (C=O) groups is 1. The molecule has 0 spiro atoms. The third kappa shape index (κ3) is 6.28. The highest BCUT2D eigenvalue weighted by molar-refractivity contribution is 6.42. The Labute approximate surface area is 222 Å². The summed E-state index contributed by atoms with van der Waals surface area (Å²) in [6.45, 7) is 2.06. The Morgan fingerprint density at radius 2 is 1.58 bits per heavy atom. The van der Waals surface area contributed by atoms with Gasteiger partial charge in [-0.25, -0.2) is 0 Å². The highest BCUT2D eigenvalue weighted by Gasteiger charge is 2.35. The molecule has 4 rings (SSSR count). The zero-order chi connectivity index (χ0) is 25.7. The fraction of sp³-hybridized carbons (Fsp3) is 0.345. The average molecular weight is 527 g/mol. The number of piperidine rings is 1. The topological polar surface area (TPSA) is 64.0 Å². The molecule has 36 heavy (non-hydrogen) atoms. The molecule has 1 heterocycles. The molecule has 0 bridgehead atoms. The van der Waals surface area contributed by atoms with Crippen LogP contribution in [0.1, 0.15) is 40.2 Å². The number of nitrogens with zero attached hydrogens (tertiary/aromatic N) is 2. The molecule has 2 atom stereocenters. The van der Waals surface area contributed by atoms with Gasteiger partial charge in [0.2, 0.25) is 0 Å². The Hall–Kier alpha value is -2.41. The summed E-state index contributed by atoms with van der Waals surface area (Å²) in [6, 6.07) is 24.2. The maximum atomic E-state index is 13.0. The lowest BCUT2D eigenvalue weighted by atomic mass is 9.84. The van der Waals surface area contributed by atoms with Gasteiger partial charge in [0.25, 0.3) is 5.91 Å².